The Balaban J connectivity index is 1.69. The Kier molecular flexibility index (Phi) is 3.53. The molecule has 0 saturated heterocycles. The third kappa shape index (κ3) is 2.76. The first-order chi connectivity index (χ1) is 12.1. The molecule has 2 N–H and O–H groups in total. The molecule has 3 aromatic heterocycles. The molecule has 124 valence electrons. The maximum absolute atomic E-state index is 12.6. The number of fused-ring (bicyclic) bond motifs is 3. The summed E-state index contributed by atoms with van der Waals surface area (Å²) in [4.78, 5) is 31.8. The molecule has 0 aliphatic carbocycles. The Bertz CT molecular complexity index is 1140. The Morgan fingerprint density at radius 3 is 2.92 bits per heavy atom. The fourth-order valence-corrected chi connectivity index (χ4v) is 2.82. The van der Waals surface area contributed by atoms with Crippen LogP contribution in [-0.2, 0) is 11.3 Å². The minimum atomic E-state index is -0.339. The molecule has 0 radical (unpaired) electrons. The number of amides is 1. The number of benzene rings is 1. The van der Waals surface area contributed by atoms with Crippen molar-refractivity contribution < 1.29 is 4.79 Å². The molecule has 3 heterocycles. The van der Waals surface area contributed by atoms with E-state index in [1.807, 2.05) is 25.1 Å². The summed E-state index contributed by atoms with van der Waals surface area (Å²) in [6.07, 6.45) is 4.77. The SMILES string of the molecule is Cc1ccc2[nH]c3c(=O)n(CC(=O)Nc4cccnc4)ncc3c2c1. The molecule has 0 bridgehead atoms. The van der Waals surface area contributed by atoms with Gasteiger partial charge < -0.3 is 10.3 Å². The van der Waals surface area contributed by atoms with Crippen LogP contribution in [0.5, 0.6) is 0 Å². The number of aromatic amines is 1. The molecule has 0 fully saturated rings. The van der Waals surface area contributed by atoms with Crippen LogP contribution in [0.15, 0.2) is 53.7 Å². The number of pyridine rings is 1. The molecule has 4 rings (SSSR count). The quantitative estimate of drug-likeness (QED) is 0.601. The standard InChI is InChI=1S/C18H15N5O2/c1-11-4-5-15-13(7-11)14-9-20-23(18(25)17(14)22-15)10-16(24)21-12-3-2-6-19-8-12/h2-9,22H,10H2,1H3,(H,21,24). The van der Waals surface area contributed by atoms with Gasteiger partial charge in [-0.3, -0.25) is 14.6 Å². The first kappa shape index (κ1) is 15.1. The topological polar surface area (TPSA) is 92.7 Å². The molecule has 0 spiro atoms. The second-order valence-electron chi connectivity index (χ2n) is 5.86. The minimum absolute atomic E-state index is 0.169. The number of carbonyl (C=O) groups is 1. The van der Waals surface area contributed by atoms with Crippen molar-refractivity contribution in [3.05, 3.63) is 64.8 Å². The predicted molar refractivity (Wildman–Crippen MR) is 95.5 cm³/mol. The lowest BCUT2D eigenvalue weighted by molar-refractivity contribution is -0.117. The van der Waals surface area contributed by atoms with Crippen LogP contribution in [0.1, 0.15) is 5.56 Å². The lowest BCUT2D eigenvalue weighted by Crippen LogP contribution is -2.29. The van der Waals surface area contributed by atoms with Gasteiger partial charge in [-0.1, -0.05) is 11.6 Å². The van der Waals surface area contributed by atoms with Crippen LogP contribution in [0.25, 0.3) is 21.8 Å². The molecular formula is C18H15N5O2. The van der Waals surface area contributed by atoms with Gasteiger partial charge in [0.1, 0.15) is 12.1 Å². The Morgan fingerprint density at radius 1 is 1.24 bits per heavy atom. The maximum atomic E-state index is 12.6. The maximum Gasteiger partial charge on any atom is 0.291 e. The largest absolute Gasteiger partial charge is 0.350 e. The van der Waals surface area contributed by atoms with E-state index in [-0.39, 0.29) is 18.0 Å². The highest BCUT2D eigenvalue weighted by Gasteiger charge is 2.13. The summed E-state index contributed by atoms with van der Waals surface area (Å²) < 4.78 is 1.15. The summed E-state index contributed by atoms with van der Waals surface area (Å²) >= 11 is 0. The molecule has 0 aliphatic rings. The number of hydrogen-bond acceptors (Lipinski definition) is 4. The van der Waals surface area contributed by atoms with Crippen molar-refractivity contribution in [2.24, 2.45) is 0 Å². The molecule has 1 amide bonds. The molecule has 0 unspecified atom stereocenters. The van der Waals surface area contributed by atoms with Crippen molar-refractivity contribution >= 4 is 33.4 Å². The third-order valence-electron chi connectivity index (χ3n) is 4.01. The lowest BCUT2D eigenvalue weighted by atomic mass is 10.1. The first-order valence-corrected chi connectivity index (χ1v) is 7.80. The van der Waals surface area contributed by atoms with E-state index in [1.165, 1.54) is 6.20 Å². The van der Waals surface area contributed by atoms with E-state index in [1.54, 1.807) is 24.5 Å². The van der Waals surface area contributed by atoms with Gasteiger partial charge in [-0.25, -0.2) is 4.68 Å². The van der Waals surface area contributed by atoms with Gasteiger partial charge in [0.15, 0.2) is 0 Å². The Morgan fingerprint density at radius 2 is 2.12 bits per heavy atom. The highest BCUT2D eigenvalue weighted by molar-refractivity contribution is 6.06. The number of anilines is 1. The van der Waals surface area contributed by atoms with Crippen molar-refractivity contribution in [3.8, 4) is 0 Å². The van der Waals surface area contributed by atoms with E-state index >= 15 is 0 Å². The van der Waals surface area contributed by atoms with Gasteiger partial charge >= 0.3 is 0 Å². The van der Waals surface area contributed by atoms with Gasteiger partial charge in [0.05, 0.1) is 18.1 Å². The van der Waals surface area contributed by atoms with Crippen molar-refractivity contribution in [3.63, 3.8) is 0 Å². The summed E-state index contributed by atoms with van der Waals surface area (Å²) in [6, 6.07) is 9.37. The number of rotatable bonds is 3. The number of H-pyrrole nitrogens is 1. The fraction of sp³-hybridized carbons (Fsp3) is 0.111. The highest BCUT2D eigenvalue weighted by Crippen LogP contribution is 2.23. The van der Waals surface area contributed by atoms with Crippen molar-refractivity contribution in [1.82, 2.24) is 19.7 Å². The highest BCUT2D eigenvalue weighted by atomic mass is 16.2. The van der Waals surface area contributed by atoms with Gasteiger partial charge in [0.2, 0.25) is 5.91 Å². The van der Waals surface area contributed by atoms with E-state index in [2.05, 4.69) is 20.4 Å². The second kappa shape index (κ2) is 5.86. The second-order valence-corrected chi connectivity index (χ2v) is 5.86. The summed E-state index contributed by atoms with van der Waals surface area (Å²) in [5.41, 5.74) is 2.67. The number of hydrogen-bond donors (Lipinski definition) is 2. The van der Waals surface area contributed by atoms with Crippen LogP contribution in [0, 0.1) is 6.92 Å². The van der Waals surface area contributed by atoms with Crippen LogP contribution in [0.4, 0.5) is 5.69 Å². The summed E-state index contributed by atoms with van der Waals surface area (Å²) in [5, 5.41) is 8.54. The fourth-order valence-electron chi connectivity index (χ4n) is 2.82. The van der Waals surface area contributed by atoms with Crippen molar-refractivity contribution in [2.45, 2.75) is 13.5 Å². The van der Waals surface area contributed by atoms with Crippen LogP contribution >= 0.6 is 0 Å². The minimum Gasteiger partial charge on any atom is -0.350 e. The molecular weight excluding hydrogens is 318 g/mol. The number of nitrogens with zero attached hydrogens (tertiary/aromatic N) is 3. The van der Waals surface area contributed by atoms with Crippen LogP contribution in [-0.4, -0.2) is 25.7 Å². The summed E-state index contributed by atoms with van der Waals surface area (Å²) in [5.74, 6) is -0.339. The molecule has 0 saturated carbocycles. The number of carbonyl (C=O) groups excluding carboxylic acids is 1. The zero-order valence-electron chi connectivity index (χ0n) is 13.5. The Hall–Kier alpha value is -3.48. The number of aromatic nitrogens is 4. The van der Waals surface area contributed by atoms with Gasteiger partial charge in [-0.2, -0.15) is 5.10 Å². The zero-order valence-corrected chi connectivity index (χ0v) is 13.5. The molecule has 7 nitrogen and oxygen atoms in total. The van der Waals surface area contributed by atoms with E-state index in [0.717, 1.165) is 26.5 Å². The van der Waals surface area contributed by atoms with E-state index in [4.69, 9.17) is 0 Å². The lowest BCUT2D eigenvalue weighted by Gasteiger charge is -2.06. The predicted octanol–water partition coefficient (Wildman–Crippen LogP) is 2.22. The average molecular weight is 333 g/mol. The summed E-state index contributed by atoms with van der Waals surface area (Å²) in [7, 11) is 0. The normalized spacial score (nSPS) is 11.1. The zero-order chi connectivity index (χ0) is 17.4. The van der Waals surface area contributed by atoms with Gasteiger partial charge in [-0.15, -0.1) is 0 Å². The molecule has 1 aromatic carbocycles. The summed E-state index contributed by atoms with van der Waals surface area (Å²) in [6.45, 7) is 1.83. The number of aryl methyl sites for hydroxylation is 1. The average Bonchev–Trinajstić information content (AvgIpc) is 2.97. The molecule has 25 heavy (non-hydrogen) atoms. The van der Waals surface area contributed by atoms with E-state index in [0.29, 0.717) is 11.2 Å². The van der Waals surface area contributed by atoms with Gasteiger partial charge in [0, 0.05) is 22.5 Å². The van der Waals surface area contributed by atoms with E-state index < -0.39 is 0 Å². The molecule has 0 atom stereocenters. The smallest absolute Gasteiger partial charge is 0.291 e. The van der Waals surface area contributed by atoms with Crippen molar-refractivity contribution in [2.75, 3.05) is 5.32 Å². The van der Waals surface area contributed by atoms with Crippen LogP contribution in [0.3, 0.4) is 0 Å². The monoisotopic (exact) mass is 333 g/mol. The van der Waals surface area contributed by atoms with Crippen LogP contribution < -0.4 is 10.9 Å². The van der Waals surface area contributed by atoms with E-state index in [9.17, 15) is 9.59 Å². The molecule has 7 heteroatoms. The third-order valence-corrected chi connectivity index (χ3v) is 4.01. The van der Waals surface area contributed by atoms with Gasteiger partial charge in [-0.05, 0) is 31.2 Å². The Labute approximate surface area is 142 Å². The molecule has 4 aromatic rings. The first-order valence-electron chi connectivity index (χ1n) is 7.80. The number of nitrogens with one attached hydrogen (secondary N) is 2. The van der Waals surface area contributed by atoms with Crippen LogP contribution in [0.2, 0.25) is 0 Å². The molecule has 0 aliphatic heterocycles. The van der Waals surface area contributed by atoms with Gasteiger partial charge in [0.25, 0.3) is 5.56 Å². The van der Waals surface area contributed by atoms with Crippen molar-refractivity contribution in [1.29, 1.82) is 0 Å².